The van der Waals surface area contributed by atoms with Gasteiger partial charge in [0, 0.05) is 18.0 Å². The molecule has 3 aliphatic rings. The van der Waals surface area contributed by atoms with E-state index in [0.29, 0.717) is 12.3 Å². The molecule has 7 heteroatoms. The predicted molar refractivity (Wildman–Crippen MR) is 115 cm³/mol. The van der Waals surface area contributed by atoms with E-state index in [1.807, 2.05) is 54.6 Å². The lowest BCUT2D eigenvalue weighted by molar-refractivity contribution is -0.170. The zero-order valence-electron chi connectivity index (χ0n) is 18.2. The van der Waals surface area contributed by atoms with Crippen LogP contribution in [0.15, 0.2) is 54.6 Å². The fourth-order valence-corrected chi connectivity index (χ4v) is 5.68. The van der Waals surface area contributed by atoms with Crippen molar-refractivity contribution in [2.45, 2.75) is 32.0 Å². The number of fused-ring (bicyclic) bond motifs is 5. The van der Waals surface area contributed by atoms with Crippen molar-refractivity contribution in [3.8, 4) is 5.75 Å². The normalized spacial score (nSPS) is 28.5. The molecule has 2 aromatic rings. The van der Waals surface area contributed by atoms with E-state index in [9.17, 15) is 14.4 Å². The Morgan fingerprint density at radius 1 is 1.12 bits per heavy atom. The van der Waals surface area contributed by atoms with Gasteiger partial charge in [-0.25, -0.2) is 0 Å². The summed E-state index contributed by atoms with van der Waals surface area (Å²) in [5, 5.41) is 0. The summed E-state index contributed by atoms with van der Waals surface area (Å²) in [6.45, 7) is 4.20. The lowest BCUT2D eigenvalue weighted by atomic mass is 9.77. The molecule has 0 aromatic heterocycles. The molecule has 0 aliphatic carbocycles. The Morgan fingerprint density at radius 3 is 2.59 bits per heavy atom. The highest BCUT2D eigenvalue weighted by molar-refractivity contribution is 6.02. The number of piperazine rings is 1. The Kier molecular flexibility index (Phi) is 4.92. The van der Waals surface area contributed by atoms with Crippen molar-refractivity contribution < 1.29 is 23.9 Å². The minimum Gasteiger partial charge on any atom is -0.493 e. The van der Waals surface area contributed by atoms with Crippen molar-refractivity contribution in [2.75, 3.05) is 19.8 Å². The molecule has 5 rings (SSSR count). The molecule has 3 aliphatic heterocycles. The van der Waals surface area contributed by atoms with E-state index < -0.39 is 23.5 Å². The Labute approximate surface area is 186 Å². The Bertz CT molecular complexity index is 1070. The smallest absolute Gasteiger partial charge is 0.312 e. The van der Waals surface area contributed by atoms with Crippen molar-refractivity contribution >= 4 is 17.8 Å². The first-order valence-electron chi connectivity index (χ1n) is 11.0. The molecule has 0 radical (unpaired) electrons. The average Bonchev–Trinajstić information content (AvgIpc) is 3.08. The number of ether oxygens (including phenoxy) is 2. The predicted octanol–water partition coefficient (Wildman–Crippen LogP) is 2.56. The molecule has 2 fully saturated rings. The van der Waals surface area contributed by atoms with E-state index in [2.05, 4.69) is 0 Å². The van der Waals surface area contributed by atoms with Gasteiger partial charge in [-0.3, -0.25) is 14.4 Å². The van der Waals surface area contributed by atoms with Crippen LogP contribution in [0.5, 0.6) is 5.75 Å². The topological polar surface area (TPSA) is 76.2 Å². The minimum absolute atomic E-state index is 0.0227. The Balaban J connectivity index is 1.60. The van der Waals surface area contributed by atoms with Crippen LogP contribution in [0.4, 0.5) is 0 Å². The Hall–Kier alpha value is -3.35. The first kappa shape index (κ1) is 20.5. The van der Waals surface area contributed by atoms with Crippen molar-refractivity contribution in [2.24, 2.45) is 11.8 Å². The van der Waals surface area contributed by atoms with Crippen LogP contribution < -0.4 is 4.74 Å². The fraction of sp³-hybridized carbons (Fsp3) is 0.400. The number of hydrogen-bond acceptors (Lipinski definition) is 5. The maximum Gasteiger partial charge on any atom is 0.312 e. The van der Waals surface area contributed by atoms with Gasteiger partial charge in [-0.1, -0.05) is 48.5 Å². The van der Waals surface area contributed by atoms with E-state index in [-0.39, 0.29) is 37.5 Å². The number of rotatable bonds is 4. The number of carbonyl (C=O) groups is 3. The summed E-state index contributed by atoms with van der Waals surface area (Å²) in [6, 6.07) is 16.7. The highest BCUT2D eigenvalue weighted by Gasteiger charge is 2.69. The van der Waals surface area contributed by atoms with Crippen LogP contribution in [-0.4, -0.2) is 52.9 Å². The molecular weight excluding hydrogens is 408 g/mol. The van der Waals surface area contributed by atoms with Crippen molar-refractivity contribution in [1.82, 2.24) is 9.80 Å². The van der Waals surface area contributed by atoms with Gasteiger partial charge in [0.15, 0.2) is 0 Å². The molecular formula is C25H26N2O5. The number of esters is 1. The summed E-state index contributed by atoms with van der Waals surface area (Å²) in [6.07, 6.45) is 0. The number of para-hydroxylation sites is 1. The van der Waals surface area contributed by atoms with Crippen LogP contribution in [-0.2, 0) is 25.7 Å². The quantitative estimate of drug-likeness (QED) is 0.692. The van der Waals surface area contributed by atoms with Gasteiger partial charge in [-0.05, 0) is 25.5 Å². The highest BCUT2D eigenvalue weighted by Crippen LogP contribution is 2.56. The van der Waals surface area contributed by atoms with Gasteiger partial charge >= 0.3 is 5.97 Å². The summed E-state index contributed by atoms with van der Waals surface area (Å²) in [5.74, 6) is -1.34. The fourth-order valence-electron chi connectivity index (χ4n) is 5.68. The van der Waals surface area contributed by atoms with Crippen molar-refractivity contribution in [1.29, 1.82) is 0 Å². The molecule has 0 unspecified atom stereocenters. The highest BCUT2D eigenvalue weighted by atomic mass is 16.5. The Morgan fingerprint density at radius 2 is 1.84 bits per heavy atom. The average molecular weight is 434 g/mol. The molecule has 166 valence electrons. The lowest BCUT2D eigenvalue weighted by Crippen LogP contribution is -2.67. The van der Waals surface area contributed by atoms with Crippen LogP contribution >= 0.6 is 0 Å². The van der Waals surface area contributed by atoms with Gasteiger partial charge in [0.1, 0.15) is 17.8 Å². The van der Waals surface area contributed by atoms with Gasteiger partial charge in [0.2, 0.25) is 11.8 Å². The summed E-state index contributed by atoms with van der Waals surface area (Å²) < 4.78 is 11.4. The van der Waals surface area contributed by atoms with Crippen LogP contribution in [0.3, 0.4) is 0 Å². The van der Waals surface area contributed by atoms with Crippen LogP contribution in [0, 0.1) is 11.8 Å². The maximum absolute atomic E-state index is 13.9. The molecule has 2 saturated heterocycles. The molecule has 0 saturated carbocycles. The molecule has 0 spiro atoms. The second kappa shape index (κ2) is 7.65. The van der Waals surface area contributed by atoms with Gasteiger partial charge < -0.3 is 19.3 Å². The van der Waals surface area contributed by atoms with Gasteiger partial charge in [-0.2, -0.15) is 0 Å². The third kappa shape index (κ3) is 2.91. The third-order valence-corrected chi connectivity index (χ3v) is 6.96. The van der Waals surface area contributed by atoms with E-state index in [1.54, 1.807) is 23.6 Å². The van der Waals surface area contributed by atoms with E-state index in [4.69, 9.17) is 9.47 Å². The standard InChI is InChI=1S/C25H26N2O5/c1-3-31-23(29)21-18-15-32-19-12-8-7-11-17(19)22(18)27-20(28)14-26(24(30)25(21,27)2)13-16-9-5-4-6-10-16/h4-12,18,21-22H,3,13-15H2,1-2H3/t18-,21-,22+,25-/m1/s1. The van der Waals surface area contributed by atoms with Crippen LogP contribution in [0.2, 0.25) is 0 Å². The number of amides is 2. The van der Waals surface area contributed by atoms with Crippen molar-refractivity contribution in [3.63, 3.8) is 0 Å². The molecule has 3 heterocycles. The molecule has 0 N–H and O–H groups in total. The molecule has 32 heavy (non-hydrogen) atoms. The van der Waals surface area contributed by atoms with E-state index >= 15 is 0 Å². The zero-order valence-corrected chi connectivity index (χ0v) is 18.2. The molecule has 7 nitrogen and oxygen atoms in total. The van der Waals surface area contributed by atoms with Gasteiger partial charge in [0.05, 0.1) is 25.2 Å². The summed E-state index contributed by atoms with van der Waals surface area (Å²) >= 11 is 0. The largest absolute Gasteiger partial charge is 0.493 e. The summed E-state index contributed by atoms with van der Waals surface area (Å²) in [4.78, 5) is 43.9. The molecule has 2 amide bonds. The number of benzene rings is 2. The number of hydrogen-bond donors (Lipinski definition) is 0. The van der Waals surface area contributed by atoms with E-state index in [1.165, 1.54) is 0 Å². The number of carbonyl (C=O) groups excluding carboxylic acids is 3. The maximum atomic E-state index is 13.9. The van der Waals surface area contributed by atoms with Gasteiger partial charge in [0.25, 0.3) is 0 Å². The number of nitrogens with zero attached hydrogens (tertiary/aromatic N) is 2. The monoisotopic (exact) mass is 434 g/mol. The molecule has 4 atom stereocenters. The zero-order chi connectivity index (χ0) is 22.5. The molecule has 0 bridgehead atoms. The van der Waals surface area contributed by atoms with Gasteiger partial charge in [-0.15, -0.1) is 0 Å². The van der Waals surface area contributed by atoms with Crippen molar-refractivity contribution in [3.05, 3.63) is 65.7 Å². The second-order valence-corrected chi connectivity index (χ2v) is 8.75. The van der Waals surface area contributed by atoms with E-state index in [0.717, 1.165) is 11.1 Å². The first-order valence-corrected chi connectivity index (χ1v) is 11.0. The second-order valence-electron chi connectivity index (χ2n) is 8.75. The lowest BCUT2D eigenvalue weighted by Gasteiger charge is -2.46. The van der Waals surface area contributed by atoms with Crippen LogP contribution in [0.25, 0.3) is 0 Å². The summed E-state index contributed by atoms with van der Waals surface area (Å²) in [5.41, 5.74) is 0.425. The summed E-state index contributed by atoms with van der Waals surface area (Å²) in [7, 11) is 0. The third-order valence-electron chi connectivity index (χ3n) is 6.96. The SMILES string of the molecule is CCOC(=O)[C@H]1[C@H]2COc3ccccc3[C@@H]2N2C(=O)CN(Cc3ccccc3)C(=O)[C@@]12C. The minimum atomic E-state index is -1.34. The molecule has 2 aromatic carbocycles. The van der Waals surface area contributed by atoms with Crippen LogP contribution in [0.1, 0.15) is 31.0 Å². The first-order chi connectivity index (χ1) is 15.5.